The lowest BCUT2D eigenvalue weighted by molar-refractivity contribution is -0.305. The van der Waals surface area contributed by atoms with E-state index >= 15 is 0 Å². The van der Waals surface area contributed by atoms with Crippen molar-refractivity contribution >= 4 is 11.9 Å². The van der Waals surface area contributed by atoms with Crippen molar-refractivity contribution in [2.75, 3.05) is 19.8 Å². The Balaban J connectivity index is 2.33. The molecule has 10 nitrogen and oxygen atoms in total. The third-order valence-electron chi connectivity index (χ3n) is 10.8. The third kappa shape index (κ3) is 30.0. The van der Waals surface area contributed by atoms with Gasteiger partial charge in [-0.2, -0.15) is 0 Å². The maximum atomic E-state index is 12.8. The lowest BCUT2D eigenvalue weighted by Gasteiger charge is -2.39. The Morgan fingerprint density at radius 2 is 1.00 bits per heavy atom. The molecule has 0 aromatic heterocycles. The van der Waals surface area contributed by atoms with E-state index < -0.39 is 55.4 Å². The van der Waals surface area contributed by atoms with Crippen LogP contribution in [-0.4, -0.2) is 89.0 Å². The summed E-state index contributed by atoms with van der Waals surface area (Å²) in [5.41, 5.74) is 0. The zero-order valence-electron chi connectivity index (χ0n) is 36.3. The van der Waals surface area contributed by atoms with Crippen LogP contribution < -0.4 is 0 Å². The van der Waals surface area contributed by atoms with Gasteiger partial charge in [-0.15, -0.1) is 0 Å². The number of hydrogen-bond acceptors (Lipinski definition) is 10. The van der Waals surface area contributed by atoms with Crippen molar-refractivity contribution in [1.82, 2.24) is 0 Å². The second-order valence-electron chi connectivity index (χ2n) is 16.2. The average Bonchev–Trinajstić information content (AvgIpc) is 3.21. The molecule has 334 valence electrons. The number of ether oxygens (including phenoxy) is 4. The molecule has 1 heterocycles. The molecule has 0 bridgehead atoms. The van der Waals surface area contributed by atoms with Crippen LogP contribution in [0.3, 0.4) is 0 Å². The summed E-state index contributed by atoms with van der Waals surface area (Å²) in [6.07, 6.45) is 34.8. The molecule has 1 saturated heterocycles. The quantitative estimate of drug-likeness (QED) is 0.0268. The highest BCUT2D eigenvalue weighted by Crippen LogP contribution is 2.23. The van der Waals surface area contributed by atoms with Crippen LogP contribution >= 0.6 is 0 Å². The van der Waals surface area contributed by atoms with E-state index in [0.717, 1.165) is 38.5 Å². The molecule has 0 aromatic carbocycles. The minimum atomic E-state index is -1.60. The minimum absolute atomic E-state index is 0.214. The fourth-order valence-electron chi connectivity index (χ4n) is 7.11. The van der Waals surface area contributed by atoms with Crippen molar-refractivity contribution in [3.63, 3.8) is 0 Å². The van der Waals surface area contributed by atoms with Gasteiger partial charge in [0, 0.05) is 12.8 Å². The molecular weight excluding hydrogens is 725 g/mol. The van der Waals surface area contributed by atoms with Gasteiger partial charge < -0.3 is 39.4 Å². The van der Waals surface area contributed by atoms with Crippen LogP contribution in [0.5, 0.6) is 0 Å². The summed E-state index contributed by atoms with van der Waals surface area (Å²) < 4.78 is 22.1. The Labute approximate surface area is 347 Å². The van der Waals surface area contributed by atoms with Gasteiger partial charge in [-0.3, -0.25) is 9.59 Å². The molecule has 1 aliphatic rings. The Hall–Kier alpha value is -1.82. The maximum Gasteiger partial charge on any atom is 0.306 e. The number of carbonyl (C=O) groups is 2. The molecule has 10 heteroatoms. The van der Waals surface area contributed by atoms with Crippen molar-refractivity contribution in [2.24, 2.45) is 0 Å². The average molecular weight is 811 g/mol. The van der Waals surface area contributed by atoms with Crippen LogP contribution in [0.25, 0.3) is 0 Å². The van der Waals surface area contributed by atoms with Gasteiger partial charge in [0.25, 0.3) is 0 Å². The van der Waals surface area contributed by atoms with Gasteiger partial charge in [-0.1, -0.05) is 179 Å². The monoisotopic (exact) mass is 811 g/mol. The smallest absolute Gasteiger partial charge is 0.306 e. The lowest BCUT2D eigenvalue weighted by atomic mass is 9.99. The van der Waals surface area contributed by atoms with Crippen molar-refractivity contribution < 1.29 is 49.0 Å². The van der Waals surface area contributed by atoms with Gasteiger partial charge in [0.15, 0.2) is 12.4 Å². The van der Waals surface area contributed by atoms with E-state index in [0.29, 0.717) is 12.8 Å². The number of esters is 2. The number of aliphatic hydroxyl groups is 4. The fraction of sp³-hybridized carbons (Fsp3) is 0.872. The molecule has 0 aliphatic carbocycles. The van der Waals surface area contributed by atoms with E-state index in [2.05, 4.69) is 38.2 Å². The number of rotatable bonds is 39. The first-order valence-electron chi connectivity index (χ1n) is 23.4. The fourth-order valence-corrected chi connectivity index (χ4v) is 7.11. The van der Waals surface area contributed by atoms with Gasteiger partial charge in [0.05, 0.1) is 13.2 Å². The summed E-state index contributed by atoms with van der Waals surface area (Å²) in [4.78, 5) is 25.3. The van der Waals surface area contributed by atoms with Gasteiger partial charge in [-0.05, 0) is 38.5 Å². The summed E-state index contributed by atoms with van der Waals surface area (Å²) in [6.45, 7) is 3.40. The minimum Gasteiger partial charge on any atom is -0.462 e. The predicted octanol–water partition coefficient (Wildman–Crippen LogP) is 10.1. The summed E-state index contributed by atoms with van der Waals surface area (Å²) >= 11 is 0. The second kappa shape index (κ2) is 38.4. The molecular formula is C47H86O10. The Kier molecular flexibility index (Phi) is 35.8. The van der Waals surface area contributed by atoms with Crippen molar-refractivity contribution in [3.05, 3.63) is 24.3 Å². The molecule has 1 fully saturated rings. The first kappa shape index (κ1) is 53.2. The van der Waals surface area contributed by atoms with E-state index in [1.807, 2.05) is 0 Å². The van der Waals surface area contributed by atoms with Crippen LogP contribution in [0.4, 0.5) is 0 Å². The number of hydrogen-bond donors (Lipinski definition) is 4. The summed E-state index contributed by atoms with van der Waals surface area (Å²) in [5.74, 6) is -0.851. The van der Waals surface area contributed by atoms with Crippen molar-refractivity contribution in [2.45, 2.75) is 243 Å². The molecule has 1 rings (SSSR count). The van der Waals surface area contributed by atoms with Crippen LogP contribution in [0.15, 0.2) is 24.3 Å². The molecule has 57 heavy (non-hydrogen) atoms. The number of allylic oxidation sites excluding steroid dienone is 4. The topological polar surface area (TPSA) is 152 Å². The molecule has 2 unspecified atom stereocenters. The van der Waals surface area contributed by atoms with E-state index in [4.69, 9.17) is 18.9 Å². The van der Waals surface area contributed by atoms with Gasteiger partial charge >= 0.3 is 11.9 Å². The van der Waals surface area contributed by atoms with Gasteiger partial charge in [-0.25, -0.2) is 0 Å². The predicted molar refractivity (Wildman–Crippen MR) is 229 cm³/mol. The third-order valence-corrected chi connectivity index (χ3v) is 10.8. The van der Waals surface area contributed by atoms with Gasteiger partial charge in [0.1, 0.15) is 31.0 Å². The molecule has 0 radical (unpaired) electrons. The number of carbonyl (C=O) groups excluding carboxylic acids is 2. The second-order valence-corrected chi connectivity index (χ2v) is 16.2. The summed E-state index contributed by atoms with van der Waals surface area (Å²) in [5, 5.41) is 40.1. The van der Waals surface area contributed by atoms with Crippen LogP contribution in [0.1, 0.15) is 206 Å². The molecule has 0 spiro atoms. The molecule has 4 N–H and O–H groups in total. The number of unbranched alkanes of at least 4 members (excludes halogenated alkanes) is 24. The van der Waals surface area contributed by atoms with Gasteiger partial charge in [0.2, 0.25) is 0 Å². The molecule has 0 aromatic rings. The van der Waals surface area contributed by atoms with E-state index in [-0.39, 0.29) is 26.1 Å². The Morgan fingerprint density at radius 3 is 1.51 bits per heavy atom. The maximum absolute atomic E-state index is 12.8. The first-order chi connectivity index (χ1) is 27.8. The van der Waals surface area contributed by atoms with Crippen molar-refractivity contribution in [1.29, 1.82) is 0 Å². The van der Waals surface area contributed by atoms with E-state index in [1.54, 1.807) is 0 Å². The Morgan fingerprint density at radius 1 is 0.544 bits per heavy atom. The molecule has 0 saturated carbocycles. The summed E-state index contributed by atoms with van der Waals surface area (Å²) in [7, 11) is 0. The molecule has 1 aliphatic heterocycles. The van der Waals surface area contributed by atoms with Crippen LogP contribution in [0, 0.1) is 0 Å². The zero-order valence-corrected chi connectivity index (χ0v) is 36.3. The molecule has 6 atom stereocenters. The largest absolute Gasteiger partial charge is 0.462 e. The van der Waals surface area contributed by atoms with Crippen LogP contribution in [-0.2, 0) is 28.5 Å². The first-order valence-corrected chi connectivity index (χ1v) is 23.4. The van der Waals surface area contributed by atoms with E-state index in [9.17, 15) is 30.0 Å². The van der Waals surface area contributed by atoms with Crippen molar-refractivity contribution in [3.8, 4) is 0 Å². The standard InChI is InChI=1S/C47H86O10/c1-3-5-7-9-11-13-15-17-19-20-22-23-25-27-29-31-33-35-42(49)54-38-40(39-55-47-46(53)45(52)44(51)41(37-48)57-47)56-43(50)36-34-32-30-28-26-24-21-18-16-14-12-10-8-6-4-2/h22-23,27,29,40-41,44-48,51-53H,3-21,24-26,28,30-39H2,1-2H3/b23-22+,29-27+/t40-,41-,44+,45?,46?,47-/m0/s1. The SMILES string of the molecule is CCCCCCCCCCC/C=C/C/C=C/CCCC(=O)OC[C@@H](CO[C@H]1O[C@@H](CO)[C@@H](O)C(O)C1O)OC(=O)CCCCCCCCCCCCCCCCC. The lowest BCUT2D eigenvalue weighted by Crippen LogP contribution is -2.59. The van der Waals surface area contributed by atoms with E-state index in [1.165, 1.54) is 128 Å². The highest BCUT2D eigenvalue weighted by Gasteiger charge is 2.44. The summed E-state index contributed by atoms with van der Waals surface area (Å²) in [6, 6.07) is 0. The molecule has 0 amide bonds. The van der Waals surface area contributed by atoms with Crippen LogP contribution in [0.2, 0.25) is 0 Å². The zero-order chi connectivity index (χ0) is 41.6. The Bertz CT molecular complexity index is 985. The highest BCUT2D eigenvalue weighted by molar-refractivity contribution is 5.70. The highest BCUT2D eigenvalue weighted by atomic mass is 16.7. The number of aliphatic hydroxyl groups excluding tert-OH is 4. The normalized spacial score (nSPS) is 20.4.